The van der Waals surface area contributed by atoms with Crippen molar-refractivity contribution >= 4 is 11.3 Å². The maximum atomic E-state index is 12.0. The zero-order valence-corrected chi connectivity index (χ0v) is 10.2. The molecule has 1 fully saturated rings. The first-order chi connectivity index (χ1) is 8.16. The van der Waals surface area contributed by atoms with Gasteiger partial charge in [-0.05, 0) is 30.4 Å². The lowest BCUT2D eigenvalue weighted by Gasteiger charge is -2.03. The Morgan fingerprint density at radius 2 is 2.18 bits per heavy atom. The van der Waals surface area contributed by atoms with Gasteiger partial charge in [-0.3, -0.25) is 4.79 Å². The molecule has 0 atom stereocenters. The number of nitrogens with zero attached hydrogens (tertiary/aromatic N) is 2. The highest BCUT2D eigenvalue weighted by atomic mass is 16.1. The quantitative estimate of drug-likeness (QED) is 0.757. The van der Waals surface area contributed by atoms with Crippen LogP contribution >= 0.6 is 0 Å². The van der Waals surface area contributed by atoms with E-state index < -0.39 is 0 Å². The van der Waals surface area contributed by atoms with E-state index in [0.29, 0.717) is 5.92 Å². The molecule has 0 radical (unpaired) electrons. The summed E-state index contributed by atoms with van der Waals surface area (Å²) in [5.74, 6) is 0.901. The van der Waals surface area contributed by atoms with Crippen LogP contribution in [0.2, 0.25) is 0 Å². The molecule has 3 rings (SSSR count). The normalized spacial score (nSPS) is 15.7. The van der Waals surface area contributed by atoms with Gasteiger partial charge in [0, 0.05) is 12.1 Å². The minimum atomic E-state index is 0.0195. The summed E-state index contributed by atoms with van der Waals surface area (Å²) in [6, 6.07) is 4.15. The molecule has 0 unspecified atom stereocenters. The SMILES string of the molecule is CC(C)C(=O)c1cnn2cc(C3CC3)ccc12. The summed E-state index contributed by atoms with van der Waals surface area (Å²) >= 11 is 0. The van der Waals surface area contributed by atoms with Gasteiger partial charge in [0.05, 0.1) is 17.3 Å². The molecule has 0 amide bonds. The molecule has 0 N–H and O–H groups in total. The van der Waals surface area contributed by atoms with Crippen molar-refractivity contribution in [1.82, 2.24) is 9.61 Å². The summed E-state index contributed by atoms with van der Waals surface area (Å²) in [4.78, 5) is 12.0. The topological polar surface area (TPSA) is 34.4 Å². The van der Waals surface area contributed by atoms with Crippen molar-refractivity contribution in [2.75, 3.05) is 0 Å². The molecule has 88 valence electrons. The van der Waals surface area contributed by atoms with Crippen molar-refractivity contribution in [2.45, 2.75) is 32.6 Å². The van der Waals surface area contributed by atoms with E-state index in [2.05, 4.69) is 17.4 Å². The van der Waals surface area contributed by atoms with Gasteiger partial charge in [-0.15, -0.1) is 0 Å². The van der Waals surface area contributed by atoms with E-state index in [-0.39, 0.29) is 11.7 Å². The fourth-order valence-electron chi connectivity index (χ4n) is 2.16. The molecule has 0 saturated heterocycles. The van der Waals surface area contributed by atoms with Crippen LogP contribution in [0.15, 0.2) is 24.5 Å². The molecule has 1 saturated carbocycles. The fourth-order valence-corrected chi connectivity index (χ4v) is 2.16. The van der Waals surface area contributed by atoms with Crippen molar-refractivity contribution in [3.05, 3.63) is 35.7 Å². The summed E-state index contributed by atoms with van der Waals surface area (Å²) in [6.07, 6.45) is 6.31. The third-order valence-corrected chi connectivity index (χ3v) is 3.38. The number of carbonyl (C=O) groups is 1. The van der Waals surface area contributed by atoms with E-state index >= 15 is 0 Å². The highest BCUT2D eigenvalue weighted by molar-refractivity contribution is 6.03. The molecule has 1 aliphatic rings. The molecule has 0 aromatic carbocycles. The van der Waals surface area contributed by atoms with Gasteiger partial charge < -0.3 is 0 Å². The van der Waals surface area contributed by atoms with Crippen LogP contribution < -0.4 is 0 Å². The predicted molar refractivity (Wildman–Crippen MR) is 66.3 cm³/mol. The number of hydrogen-bond donors (Lipinski definition) is 0. The van der Waals surface area contributed by atoms with Crippen molar-refractivity contribution in [2.24, 2.45) is 5.92 Å². The number of carbonyl (C=O) groups excluding carboxylic acids is 1. The van der Waals surface area contributed by atoms with Gasteiger partial charge in [0.25, 0.3) is 0 Å². The smallest absolute Gasteiger partial charge is 0.169 e. The monoisotopic (exact) mass is 228 g/mol. The van der Waals surface area contributed by atoms with Crippen LogP contribution in [0.4, 0.5) is 0 Å². The van der Waals surface area contributed by atoms with Crippen molar-refractivity contribution in [3.63, 3.8) is 0 Å². The molecule has 1 aliphatic carbocycles. The molecule has 0 aliphatic heterocycles. The molecule has 0 spiro atoms. The summed E-state index contributed by atoms with van der Waals surface area (Å²) < 4.78 is 1.84. The molecule has 3 nitrogen and oxygen atoms in total. The summed E-state index contributed by atoms with van der Waals surface area (Å²) in [7, 11) is 0. The van der Waals surface area contributed by atoms with E-state index in [9.17, 15) is 4.79 Å². The highest BCUT2D eigenvalue weighted by Crippen LogP contribution is 2.40. The van der Waals surface area contributed by atoms with E-state index in [4.69, 9.17) is 0 Å². The number of rotatable bonds is 3. The zero-order chi connectivity index (χ0) is 12.0. The largest absolute Gasteiger partial charge is 0.294 e. The summed E-state index contributed by atoms with van der Waals surface area (Å²) in [6.45, 7) is 3.84. The number of Topliss-reactive ketones (excluding diaryl/α,β-unsaturated/α-hetero) is 1. The second-order valence-corrected chi connectivity index (χ2v) is 5.14. The molecule has 17 heavy (non-hydrogen) atoms. The first kappa shape index (κ1) is 10.5. The minimum absolute atomic E-state index is 0.0195. The lowest BCUT2D eigenvalue weighted by atomic mass is 10.0. The van der Waals surface area contributed by atoms with Gasteiger partial charge in [-0.25, -0.2) is 4.52 Å². The van der Waals surface area contributed by atoms with Gasteiger partial charge >= 0.3 is 0 Å². The first-order valence-corrected chi connectivity index (χ1v) is 6.18. The lowest BCUT2D eigenvalue weighted by Crippen LogP contribution is -2.06. The Balaban J connectivity index is 2.07. The predicted octanol–water partition coefficient (Wildman–Crippen LogP) is 3.05. The Bertz CT molecular complexity index is 579. The Morgan fingerprint density at radius 3 is 2.82 bits per heavy atom. The standard InChI is InChI=1S/C14H16N2O/c1-9(2)14(17)12-7-15-16-8-11(10-3-4-10)5-6-13(12)16/h5-10H,3-4H2,1-2H3. The van der Waals surface area contributed by atoms with E-state index in [1.54, 1.807) is 6.20 Å². The van der Waals surface area contributed by atoms with Gasteiger partial charge in [-0.2, -0.15) is 5.10 Å². The molecule has 3 heteroatoms. The van der Waals surface area contributed by atoms with Gasteiger partial charge in [-0.1, -0.05) is 19.9 Å². The van der Waals surface area contributed by atoms with E-state index in [1.165, 1.54) is 18.4 Å². The number of hydrogen-bond acceptors (Lipinski definition) is 2. The fraction of sp³-hybridized carbons (Fsp3) is 0.429. The molecule has 0 bridgehead atoms. The Kier molecular flexibility index (Phi) is 2.28. The average molecular weight is 228 g/mol. The first-order valence-electron chi connectivity index (χ1n) is 6.18. The van der Waals surface area contributed by atoms with Crippen LogP contribution in [0.25, 0.3) is 5.52 Å². The number of ketones is 1. The third kappa shape index (κ3) is 1.75. The Morgan fingerprint density at radius 1 is 1.41 bits per heavy atom. The molecule has 2 heterocycles. The van der Waals surface area contributed by atoms with Crippen molar-refractivity contribution < 1.29 is 4.79 Å². The number of pyridine rings is 1. The Labute approximate surface area is 100 Å². The van der Waals surface area contributed by atoms with Crippen LogP contribution in [0.3, 0.4) is 0 Å². The highest BCUT2D eigenvalue weighted by Gasteiger charge is 2.24. The second kappa shape index (κ2) is 3.69. The van der Waals surface area contributed by atoms with Crippen LogP contribution in [0.1, 0.15) is 48.5 Å². The number of aromatic nitrogens is 2. The van der Waals surface area contributed by atoms with Crippen molar-refractivity contribution in [3.8, 4) is 0 Å². The molecular formula is C14H16N2O. The van der Waals surface area contributed by atoms with Gasteiger partial charge in [0.1, 0.15) is 0 Å². The van der Waals surface area contributed by atoms with Crippen LogP contribution in [0.5, 0.6) is 0 Å². The maximum Gasteiger partial charge on any atom is 0.169 e. The Hall–Kier alpha value is -1.64. The van der Waals surface area contributed by atoms with Crippen molar-refractivity contribution in [1.29, 1.82) is 0 Å². The summed E-state index contributed by atoms with van der Waals surface area (Å²) in [5.41, 5.74) is 3.00. The maximum absolute atomic E-state index is 12.0. The zero-order valence-electron chi connectivity index (χ0n) is 10.2. The van der Waals surface area contributed by atoms with Gasteiger partial charge in [0.2, 0.25) is 0 Å². The van der Waals surface area contributed by atoms with Crippen LogP contribution in [0, 0.1) is 5.92 Å². The molecular weight excluding hydrogens is 212 g/mol. The lowest BCUT2D eigenvalue weighted by molar-refractivity contribution is 0.0941. The number of fused-ring (bicyclic) bond motifs is 1. The minimum Gasteiger partial charge on any atom is -0.294 e. The average Bonchev–Trinajstić information content (AvgIpc) is 3.08. The van der Waals surface area contributed by atoms with E-state index in [1.807, 2.05) is 24.4 Å². The third-order valence-electron chi connectivity index (χ3n) is 3.38. The second-order valence-electron chi connectivity index (χ2n) is 5.14. The van der Waals surface area contributed by atoms with E-state index in [0.717, 1.165) is 11.1 Å². The summed E-state index contributed by atoms with van der Waals surface area (Å²) in [5, 5.41) is 4.29. The van der Waals surface area contributed by atoms with Crippen LogP contribution in [-0.2, 0) is 0 Å². The molecule has 2 aromatic heterocycles. The van der Waals surface area contributed by atoms with Crippen LogP contribution in [-0.4, -0.2) is 15.4 Å². The van der Waals surface area contributed by atoms with Gasteiger partial charge in [0.15, 0.2) is 5.78 Å². The molecule has 2 aromatic rings.